The van der Waals surface area contributed by atoms with Gasteiger partial charge in [0.15, 0.2) is 0 Å². The van der Waals surface area contributed by atoms with Crippen molar-refractivity contribution in [2.45, 2.75) is 19.4 Å². The highest BCUT2D eigenvalue weighted by atomic mass is 35.5. The molecular formula is C16H21Cl2N3O3. The minimum absolute atomic E-state index is 0. The Hall–Kier alpha value is -2.02. The van der Waals surface area contributed by atoms with Crippen LogP contribution in [0, 0.1) is 0 Å². The summed E-state index contributed by atoms with van der Waals surface area (Å²) in [6, 6.07) is 10.5. The number of ether oxygens (including phenoxy) is 2. The number of carbonyl (C=O) groups is 1. The maximum atomic E-state index is 11.8. The van der Waals surface area contributed by atoms with Gasteiger partial charge in [-0.3, -0.25) is 4.79 Å². The topological polar surface area (TPSA) is 86.5 Å². The maximum absolute atomic E-state index is 11.8. The van der Waals surface area contributed by atoms with E-state index in [1.165, 1.54) is 6.20 Å². The summed E-state index contributed by atoms with van der Waals surface area (Å²) >= 11 is 0. The smallest absolute Gasteiger partial charge is 0.243 e. The molecule has 0 bridgehead atoms. The fourth-order valence-electron chi connectivity index (χ4n) is 1.57. The molecule has 0 atom stereocenters. The molecule has 0 unspecified atom stereocenters. The quantitative estimate of drug-likeness (QED) is 0.838. The Morgan fingerprint density at radius 3 is 2.12 bits per heavy atom. The van der Waals surface area contributed by atoms with Crippen molar-refractivity contribution in [1.29, 1.82) is 0 Å². The molecule has 0 aliphatic carbocycles. The van der Waals surface area contributed by atoms with Crippen LogP contribution < -0.4 is 20.5 Å². The van der Waals surface area contributed by atoms with E-state index in [1.807, 2.05) is 0 Å². The van der Waals surface area contributed by atoms with E-state index >= 15 is 0 Å². The van der Waals surface area contributed by atoms with Gasteiger partial charge in [0.1, 0.15) is 11.5 Å². The van der Waals surface area contributed by atoms with Gasteiger partial charge in [0, 0.05) is 6.07 Å². The number of nitrogens with two attached hydrogens (primary N) is 1. The molecule has 1 amide bonds. The van der Waals surface area contributed by atoms with Gasteiger partial charge in [-0.25, -0.2) is 4.98 Å². The predicted octanol–water partition coefficient (Wildman–Crippen LogP) is 3.40. The van der Waals surface area contributed by atoms with Crippen molar-refractivity contribution < 1.29 is 14.3 Å². The molecule has 3 N–H and O–H groups in total. The number of rotatable bonds is 5. The second kappa shape index (κ2) is 9.32. The number of amides is 1. The van der Waals surface area contributed by atoms with Crippen LogP contribution in [0.25, 0.3) is 0 Å². The number of methoxy groups -OCH3 is 1. The average molecular weight is 374 g/mol. The molecule has 1 aromatic heterocycles. The first kappa shape index (κ1) is 22.0. The van der Waals surface area contributed by atoms with E-state index in [1.54, 1.807) is 57.4 Å². The molecule has 8 heteroatoms. The molecule has 0 aliphatic heterocycles. The third kappa shape index (κ3) is 6.23. The third-order valence-electron chi connectivity index (χ3n) is 2.86. The van der Waals surface area contributed by atoms with Gasteiger partial charge in [0.05, 0.1) is 24.5 Å². The summed E-state index contributed by atoms with van der Waals surface area (Å²) < 4.78 is 10.7. The van der Waals surface area contributed by atoms with E-state index in [4.69, 9.17) is 15.2 Å². The fraction of sp³-hybridized carbons (Fsp3) is 0.250. The van der Waals surface area contributed by atoms with E-state index in [0.29, 0.717) is 17.3 Å². The summed E-state index contributed by atoms with van der Waals surface area (Å²) in [5.74, 6) is 1.55. The van der Waals surface area contributed by atoms with Gasteiger partial charge in [-0.2, -0.15) is 0 Å². The standard InChI is InChI=1S/C16H19N3O3.2ClH/c1-16(2,17)15(20)19-11-4-9-14(18-10-11)22-13-7-5-12(21-3)6-8-13;;/h4-10H,17H2,1-3H3,(H,19,20);2*1H. The van der Waals surface area contributed by atoms with E-state index in [-0.39, 0.29) is 30.7 Å². The van der Waals surface area contributed by atoms with Gasteiger partial charge in [-0.15, -0.1) is 24.8 Å². The monoisotopic (exact) mass is 373 g/mol. The highest BCUT2D eigenvalue weighted by Crippen LogP contribution is 2.23. The predicted molar refractivity (Wildman–Crippen MR) is 98.7 cm³/mol. The van der Waals surface area contributed by atoms with Crippen molar-refractivity contribution in [3.8, 4) is 17.4 Å². The SMILES string of the molecule is COc1ccc(Oc2ccc(NC(=O)C(C)(C)N)cn2)cc1.Cl.Cl. The van der Waals surface area contributed by atoms with Crippen LogP contribution in [0.5, 0.6) is 17.4 Å². The molecule has 0 saturated heterocycles. The Morgan fingerprint density at radius 1 is 1.08 bits per heavy atom. The zero-order chi connectivity index (χ0) is 16.2. The lowest BCUT2D eigenvalue weighted by molar-refractivity contribution is -0.120. The van der Waals surface area contributed by atoms with Crippen LogP contribution >= 0.6 is 24.8 Å². The summed E-state index contributed by atoms with van der Waals surface area (Å²) in [4.78, 5) is 15.9. The van der Waals surface area contributed by atoms with E-state index in [2.05, 4.69) is 10.3 Å². The van der Waals surface area contributed by atoms with Gasteiger partial charge >= 0.3 is 0 Å². The van der Waals surface area contributed by atoms with Crippen molar-refractivity contribution in [3.63, 3.8) is 0 Å². The molecule has 24 heavy (non-hydrogen) atoms. The Morgan fingerprint density at radius 2 is 1.67 bits per heavy atom. The van der Waals surface area contributed by atoms with Crippen LogP contribution in [-0.2, 0) is 4.79 Å². The Balaban J connectivity index is 0.00000264. The molecule has 0 saturated carbocycles. The number of hydrogen-bond donors (Lipinski definition) is 2. The van der Waals surface area contributed by atoms with Crippen LogP contribution in [0.3, 0.4) is 0 Å². The average Bonchev–Trinajstić information content (AvgIpc) is 2.49. The Bertz CT molecular complexity index is 641. The minimum Gasteiger partial charge on any atom is -0.497 e. The van der Waals surface area contributed by atoms with Crippen LogP contribution in [0.4, 0.5) is 5.69 Å². The number of halogens is 2. The van der Waals surface area contributed by atoms with Crippen molar-refractivity contribution in [1.82, 2.24) is 4.98 Å². The normalized spacial score (nSPS) is 10.0. The molecule has 0 fully saturated rings. The molecule has 2 aromatic rings. The molecule has 1 aromatic carbocycles. The molecule has 6 nitrogen and oxygen atoms in total. The lowest BCUT2D eigenvalue weighted by Gasteiger charge is -2.17. The van der Waals surface area contributed by atoms with Crippen molar-refractivity contribution in [2.75, 3.05) is 12.4 Å². The van der Waals surface area contributed by atoms with Gasteiger partial charge in [-0.1, -0.05) is 0 Å². The first-order chi connectivity index (χ1) is 10.4. The van der Waals surface area contributed by atoms with Crippen LogP contribution in [-0.4, -0.2) is 23.5 Å². The number of nitrogens with zero attached hydrogens (tertiary/aromatic N) is 1. The number of nitrogens with one attached hydrogen (secondary N) is 1. The summed E-state index contributed by atoms with van der Waals surface area (Å²) in [6.07, 6.45) is 1.52. The summed E-state index contributed by atoms with van der Waals surface area (Å²) in [5, 5.41) is 2.69. The van der Waals surface area contributed by atoms with Crippen molar-refractivity contribution in [3.05, 3.63) is 42.6 Å². The van der Waals surface area contributed by atoms with Crippen LogP contribution in [0.2, 0.25) is 0 Å². The highest BCUT2D eigenvalue weighted by Gasteiger charge is 2.21. The van der Waals surface area contributed by atoms with Crippen LogP contribution in [0.1, 0.15) is 13.8 Å². The van der Waals surface area contributed by atoms with Gasteiger partial charge < -0.3 is 20.5 Å². The molecule has 0 spiro atoms. The van der Waals surface area contributed by atoms with E-state index < -0.39 is 5.54 Å². The number of benzene rings is 1. The lowest BCUT2D eigenvalue weighted by atomic mass is 10.1. The van der Waals surface area contributed by atoms with Crippen molar-refractivity contribution >= 4 is 36.4 Å². The Kier molecular flexibility index (Phi) is 8.53. The first-order valence-corrected chi connectivity index (χ1v) is 6.77. The largest absolute Gasteiger partial charge is 0.497 e. The number of anilines is 1. The zero-order valence-corrected chi connectivity index (χ0v) is 15.2. The lowest BCUT2D eigenvalue weighted by Crippen LogP contribution is -2.45. The summed E-state index contributed by atoms with van der Waals surface area (Å²) in [6.45, 7) is 3.27. The highest BCUT2D eigenvalue weighted by molar-refractivity contribution is 5.97. The number of hydrogen-bond acceptors (Lipinski definition) is 5. The minimum atomic E-state index is -0.946. The van der Waals surface area contributed by atoms with E-state index in [9.17, 15) is 4.79 Å². The first-order valence-electron chi connectivity index (χ1n) is 6.77. The Labute approximate surface area is 153 Å². The molecule has 132 valence electrons. The summed E-state index contributed by atoms with van der Waals surface area (Å²) in [7, 11) is 1.60. The zero-order valence-electron chi connectivity index (χ0n) is 13.6. The van der Waals surface area contributed by atoms with Crippen LogP contribution in [0.15, 0.2) is 42.6 Å². The number of pyridine rings is 1. The third-order valence-corrected chi connectivity index (χ3v) is 2.86. The van der Waals surface area contributed by atoms with E-state index in [0.717, 1.165) is 5.75 Å². The second-order valence-electron chi connectivity index (χ2n) is 5.34. The van der Waals surface area contributed by atoms with Gasteiger partial charge in [-0.05, 0) is 44.2 Å². The molecule has 0 radical (unpaired) electrons. The number of carbonyl (C=O) groups excluding carboxylic acids is 1. The molecular weight excluding hydrogens is 353 g/mol. The van der Waals surface area contributed by atoms with Gasteiger partial charge in [0.25, 0.3) is 0 Å². The summed E-state index contributed by atoms with van der Waals surface area (Å²) in [5.41, 5.74) is 5.33. The van der Waals surface area contributed by atoms with Crippen molar-refractivity contribution in [2.24, 2.45) is 5.73 Å². The molecule has 2 rings (SSSR count). The second-order valence-corrected chi connectivity index (χ2v) is 5.34. The maximum Gasteiger partial charge on any atom is 0.243 e. The fourth-order valence-corrected chi connectivity index (χ4v) is 1.57. The molecule has 0 aliphatic rings. The van der Waals surface area contributed by atoms with Gasteiger partial charge in [0.2, 0.25) is 11.8 Å². The molecule has 1 heterocycles. The number of aromatic nitrogens is 1.